The van der Waals surface area contributed by atoms with Gasteiger partial charge in [-0.15, -0.1) is 0 Å². The molecule has 0 aliphatic rings. The van der Waals surface area contributed by atoms with Gasteiger partial charge in [0.05, 0.1) is 16.9 Å². The predicted molar refractivity (Wildman–Crippen MR) is 138 cm³/mol. The number of aryl methyl sites for hydroxylation is 1. The number of hydrogen-bond acceptors (Lipinski definition) is 3. The quantitative estimate of drug-likeness (QED) is 0.240. The van der Waals surface area contributed by atoms with Crippen LogP contribution in [0.5, 0.6) is 0 Å². The zero-order valence-corrected chi connectivity index (χ0v) is 20.9. The van der Waals surface area contributed by atoms with Gasteiger partial charge in [-0.3, -0.25) is 18.8 Å². The minimum Gasteiger partial charge on any atom is -0.346 e. The van der Waals surface area contributed by atoms with E-state index in [0.29, 0.717) is 5.39 Å². The Labute approximate surface area is 213 Å². The Morgan fingerprint density at radius 1 is 0.921 bits per heavy atom. The molecule has 12 heteroatoms. The molecular formula is C26H21F5N4O2S. The second-order valence-corrected chi connectivity index (χ2v) is 11.4. The standard InChI is InChI=1S/C26H21F5N4O2S/c1-16(17-6-4-3-5-7-17)32-25(36)18-8-13-23-21(14-18)24-22(15-34(2)33-24)26(37)35(23)19-9-11-20(12-10-19)38(27,28,29,30)31/h3-16H,1-2H3,(H,32,36)/t16-/m0/s1. The van der Waals surface area contributed by atoms with Crippen molar-refractivity contribution in [1.82, 2.24) is 19.7 Å². The van der Waals surface area contributed by atoms with Crippen molar-refractivity contribution in [2.45, 2.75) is 17.9 Å². The second-order valence-electron chi connectivity index (χ2n) is 9.01. The van der Waals surface area contributed by atoms with E-state index in [1.54, 1.807) is 7.05 Å². The van der Waals surface area contributed by atoms with Crippen LogP contribution >= 0.6 is 10.2 Å². The second kappa shape index (κ2) is 7.90. The number of hydrogen-bond donors (Lipinski definition) is 1. The number of carbonyl (C=O) groups excluding carboxylic acids is 1. The van der Waals surface area contributed by atoms with E-state index in [-0.39, 0.29) is 51.8 Å². The van der Waals surface area contributed by atoms with Crippen LogP contribution in [0.4, 0.5) is 19.4 Å². The fraction of sp³-hybridized carbons (Fsp3) is 0.115. The molecule has 6 nitrogen and oxygen atoms in total. The van der Waals surface area contributed by atoms with Crippen LogP contribution in [0.25, 0.3) is 27.5 Å². The smallest absolute Gasteiger partial charge is 0.310 e. The van der Waals surface area contributed by atoms with Gasteiger partial charge in [0, 0.05) is 29.9 Å². The first-order valence-electron chi connectivity index (χ1n) is 11.3. The first-order chi connectivity index (χ1) is 17.6. The maximum absolute atomic E-state index is 13.4. The van der Waals surface area contributed by atoms with E-state index >= 15 is 0 Å². The molecule has 0 saturated carbocycles. The van der Waals surface area contributed by atoms with E-state index in [2.05, 4.69) is 10.4 Å². The summed E-state index contributed by atoms with van der Waals surface area (Å²) < 4.78 is 68.6. The number of carbonyl (C=O) groups is 1. The van der Waals surface area contributed by atoms with Crippen molar-refractivity contribution in [2.75, 3.05) is 0 Å². The Morgan fingerprint density at radius 2 is 1.58 bits per heavy atom. The highest BCUT2D eigenvalue weighted by Crippen LogP contribution is 3.02. The maximum Gasteiger partial charge on any atom is 0.310 e. The third kappa shape index (κ3) is 4.62. The molecule has 0 aliphatic carbocycles. The maximum atomic E-state index is 13.4. The first-order valence-corrected chi connectivity index (χ1v) is 13.3. The largest absolute Gasteiger partial charge is 0.346 e. The van der Waals surface area contributed by atoms with Crippen LogP contribution in [0.15, 0.2) is 88.7 Å². The topological polar surface area (TPSA) is 68.9 Å². The summed E-state index contributed by atoms with van der Waals surface area (Å²) in [5, 5.41) is 7.78. The normalized spacial score (nSPS) is 14.7. The predicted octanol–water partition coefficient (Wildman–Crippen LogP) is 7.03. The van der Waals surface area contributed by atoms with Crippen LogP contribution in [-0.4, -0.2) is 20.3 Å². The van der Waals surface area contributed by atoms with E-state index < -0.39 is 20.7 Å². The van der Waals surface area contributed by atoms with Gasteiger partial charge in [-0.1, -0.05) is 49.8 Å². The number of nitrogens with one attached hydrogen (secondary N) is 1. The van der Waals surface area contributed by atoms with Gasteiger partial charge in [-0.2, -0.15) is 5.10 Å². The van der Waals surface area contributed by atoms with Crippen molar-refractivity contribution < 1.29 is 24.2 Å². The monoisotopic (exact) mass is 548 g/mol. The van der Waals surface area contributed by atoms with Crippen molar-refractivity contribution in [2.24, 2.45) is 7.05 Å². The van der Waals surface area contributed by atoms with Gasteiger partial charge in [-0.25, -0.2) is 0 Å². The molecule has 5 rings (SSSR count). The summed E-state index contributed by atoms with van der Waals surface area (Å²) in [4.78, 5) is 24.3. The summed E-state index contributed by atoms with van der Waals surface area (Å²) >= 11 is 0. The number of fused-ring (bicyclic) bond motifs is 3. The first kappa shape index (κ1) is 25.5. The molecule has 0 fully saturated rings. The molecule has 2 heterocycles. The van der Waals surface area contributed by atoms with E-state index in [9.17, 15) is 29.0 Å². The van der Waals surface area contributed by atoms with Crippen LogP contribution in [0.3, 0.4) is 0 Å². The summed E-state index contributed by atoms with van der Waals surface area (Å²) in [5.74, 6) is -0.384. The number of halogens is 5. The fourth-order valence-electron chi connectivity index (χ4n) is 4.35. The molecule has 38 heavy (non-hydrogen) atoms. The summed E-state index contributed by atoms with van der Waals surface area (Å²) in [6.45, 7) is 1.83. The molecule has 198 valence electrons. The number of benzene rings is 3. The van der Waals surface area contributed by atoms with E-state index in [1.165, 1.54) is 29.1 Å². The van der Waals surface area contributed by atoms with Gasteiger partial charge in [0.1, 0.15) is 10.4 Å². The molecule has 1 atom stereocenters. The minimum atomic E-state index is -9.88. The number of pyridine rings is 1. The van der Waals surface area contributed by atoms with Crippen molar-refractivity contribution >= 4 is 37.9 Å². The van der Waals surface area contributed by atoms with Gasteiger partial charge < -0.3 is 5.32 Å². The molecule has 3 aromatic carbocycles. The Morgan fingerprint density at radius 3 is 2.21 bits per heavy atom. The molecule has 2 aromatic heterocycles. The molecule has 0 aliphatic heterocycles. The molecule has 0 bridgehead atoms. The van der Waals surface area contributed by atoms with Crippen LogP contribution in [-0.2, 0) is 7.05 Å². The minimum absolute atomic E-state index is 0.0498. The van der Waals surface area contributed by atoms with Gasteiger partial charge >= 0.3 is 10.2 Å². The summed E-state index contributed by atoms with van der Waals surface area (Å²) in [5.41, 5.74) is 1.06. The highest BCUT2D eigenvalue weighted by Gasteiger charge is 2.65. The average molecular weight is 549 g/mol. The number of rotatable bonds is 5. The summed E-state index contributed by atoms with van der Waals surface area (Å²) in [7, 11) is -8.29. The fourth-order valence-corrected chi connectivity index (χ4v) is 5.00. The molecule has 0 saturated heterocycles. The van der Waals surface area contributed by atoms with Gasteiger partial charge in [0.15, 0.2) is 0 Å². The highest BCUT2D eigenvalue weighted by atomic mass is 32.5. The van der Waals surface area contributed by atoms with Crippen LogP contribution in [0.2, 0.25) is 0 Å². The number of amides is 1. The van der Waals surface area contributed by atoms with E-state index in [0.717, 1.165) is 22.3 Å². The SMILES string of the molecule is C[C@H](NC(=O)c1ccc2c(c1)c1nn(C)cc1c(=O)n2-c1ccc(S(F)(F)(F)(F)F)cc1)c1ccccc1. The van der Waals surface area contributed by atoms with Crippen LogP contribution in [0.1, 0.15) is 28.9 Å². The van der Waals surface area contributed by atoms with Gasteiger partial charge in [-0.05, 0) is 55.0 Å². The molecule has 1 amide bonds. The van der Waals surface area contributed by atoms with E-state index in [4.69, 9.17) is 0 Å². The van der Waals surface area contributed by atoms with Crippen molar-refractivity contribution in [1.29, 1.82) is 0 Å². The lowest BCUT2D eigenvalue weighted by atomic mass is 10.1. The van der Waals surface area contributed by atoms with Crippen molar-refractivity contribution in [3.63, 3.8) is 0 Å². The van der Waals surface area contributed by atoms with Gasteiger partial charge in [0.2, 0.25) is 0 Å². The highest BCUT2D eigenvalue weighted by molar-refractivity contribution is 8.45. The average Bonchev–Trinajstić information content (AvgIpc) is 3.25. The molecule has 1 N–H and O–H groups in total. The molecular weight excluding hydrogens is 527 g/mol. The van der Waals surface area contributed by atoms with E-state index in [1.807, 2.05) is 37.3 Å². The van der Waals surface area contributed by atoms with Gasteiger partial charge in [0.25, 0.3) is 11.5 Å². The third-order valence-corrected chi connectivity index (χ3v) is 7.37. The molecule has 0 radical (unpaired) electrons. The van der Waals surface area contributed by atoms with Crippen LogP contribution in [0, 0.1) is 0 Å². The number of aromatic nitrogens is 3. The van der Waals surface area contributed by atoms with Crippen LogP contribution < -0.4 is 10.9 Å². The Hall–Kier alpha value is -4.19. The lowest BCUT2D eigenvalue weighted by Crippen LogP contribution is -2.26. The zero-order valence-electron chi connectivity index (χ0n) is 20.0. The molecule has 0 spiro atoms. The zero-order chi connectivity index (χ0) is 27.5. The third-order valence-electron chi connectivity index (χ3n) is 6.20. The molecule has 0 unspecified atom stereocenters. The lowest BCUT2D eigenvalue weighted by Gasteiger charge is -2.40. The summed E-state index contributed by atoms with van der Waals surface area (Å²) in [6, 6.07) is 15.7. The number of nitrogens with zero attached hydrogens (tertiary/aromatic N) is 3. The lowest BCUT2D eigenvalue weighted by molar-refractivity contribution is 0.0940. The molecule has 5 aromatic rings. The summed E-state index contributed by atoms with van der Waals surface area (Å²) in [6.07, 6.45) is 1.45. The van der Waals surface area contributed by atoms with Crippen molar-refractivity contribution in [3.8, 4) is 5.69 Å². The Bertz CT molecular complexity index is 1780. The van der Waals surface area contributed by atoms with Crippen molar-refractivity contribution in [3.05, 3.63) is 100 Å². The Kier molecular flexibility index (Phi) is 5.30. The Balaban J connectivity index is 1.64.